The van der Waals surface area contributed by atoms with E-state index in [-0.39, 0.29) is 24.5 Å². The summed E-state index contributed by atoms with van der Waals surface area (Å²) in [6, 6.07) is 8.95. The molecule has 2 aromatic heterocycles. The van der Waals surface area contributed by atoms with Gasteiger partial charge in [0.25, 0.3) is 11.8 Å². The lowest BCUT2D eigenvalue weighted by Gasteiger charge is -2.20. The maximum absolute atomic E-state index is 12.8. The number of amides is 2. The Bertz CT molecular complexity index is 1080. The number of carbonyl (C=O) groups is 2. The van der Waals surface area contributed by atoms with Crippen molar-refractivity contribution in [1.82, 2.24) is 10.3 Å². The molecule has 1 aliphatic heterocycles. The molecule has 2 amide bonds. The Morgan fingerprint density at radius 1 is 1.32 bits per heavy atom. The molecule has 1 unspecified atom stereocenters. The molecule has 28 heavy (non-hydrogen) atoms. The Morgan fingerprint density at radius 2 is 2.14 bits per heavy atom. The molecule has 0 saturated heterocycles. The van der Waals surface area contributed by atoms with Gasteiger partial charge in [0.15, 0.2) is 6.61 Å². The van der Waals surface area contributed by atoms with E-state index in [2.05, 4.69) is 15.6 Å². The molecule has 1 aromatic carbocycles. The van der Waals surface area contributed by atoms with Gasteiger partial charge in [0.1, 0.15) is 15.6 Å². The molecular formula is C19H16ClN3O3S2. The molecule has 1 aliphatic rings. The number of hydrogen-bond acceptors (Lipinski definition) is 6. The minimum absolute atomic E-state index is 0.0150. The van der Waals surface area contributed by atoms with E-state index in [4.69, 9.17) is 16.3 Å². The number of halogens is 1. The highest BCUT2D eigenvalue weighted by Gasteiger charge is 2.21. The van der Waals surface area contributed by atoms with Gasteiger partial charge in [-0.1, -0.05) is 17.7 Å². The third-order valence-corrected chi connectivity index (χ3v) is 6.83. The van der Waals surface area contributed by atoms with Crippen molar-refractivity contribution in [3.05, 3.63) is 50.8 Å². The van der Waals surface area contributed by atoms with Crippen LogP contribution < -0.4 is 15.4 Å². The van der Waals surface area contributed by atoms with Gasteiger partial charge in [-0.2, -0.15) is 0 Å². The summed E-state index contributed by atoms with van der Waals surface area (Å²) >= 11 is 8.78. The largest absolute Gasteiger partial charge is 0.482 e. The summed E-state index contributed by atoms with van der Waals surface area (Å²) in [5.41, 5.74) is 2.16. The number of nitrogens with one attached hydrogen (secondary N) is 2. The number of thiophene rings is 1. The van der Waals surface area contributed by atoms with Crippen LogP contribution in [-0.4, -0.2) is 23.4 Å². The van der Waals surface area contributed by atoms with Crippen LogP contribution >= 0.6 is 34.3 Å². The predicted octanol–water partition coefficient (Wildman–Crippen LogP) is 4.66. The van der Waals surface area contributed by atoms with E-state index in [0.29, 0.717) is 26.3 Å². The van der Waals surface area contributed by atoms with Gasteiger partial charge in [0, 0.05) is 0 Å². The van der Waals surface area contributed by atoms with Crippen LogP contribution in [0.2, 0.25) is 4.34 Å². The zero-order valence-electron chi connectivity index (χ0n) is 15.0. The summed E-state index contributed by atoms with van der Waals surface area (Å²) in [6.07, 6.45) is 0. The van der Waals surface area contributed by atoms with Gasteiger partial charge in [-0.15, -0.1) is 22.7 Å². The van der Waals surface area contributed by atoms with Gasteiger partial charge in [-0.25, -0.2) is 4.98 Å². The van der Waals surface area contributed by atoms with E-state index in [1.165, 1.54) is 22.7 Å². The molecule has 0 saturated carbocycles. The van der Waals surface area contributed by atoms with Gasteiger partial charge < -0.3 is 15.4 Å². The molecule has 0 spiro atoms. The van der Waals surface area contributed by atoms with Crippen molar-refractivity contribution in [3.63, 3.8) is 0 Å². The first kappa shape index (κ1) is 18.9. The van der Waals surface area contributed by atoms with Gasteiger partial charge >= 0.3 is 0 Å². The Kier molecular flexibility index (Phi) is 5.09. The number of fused-ring (bicyclic) bond motifs is 1. The monoisotopic (exact) mass is 433 g/mol. The van der Waals surface area contributed by atoms with E-state index in [9.17, 15) is 9.59 Å². The van der Waals surface area contributed by atoms with Crippen LogP contribution in [0.25, 0.3) is 9.88 Å². The smallest absolute Gasteiger partial charge is 0.263 e. The zero-order valence-corrected chi connectivity index (χ0v) is 17.4. The van der Waals surface area contributed by atoms with E-state index >= 15 is 0 Å². The lowest BCUT2D eigenvalue weighted by molar-refractivity contribution is -0.118. The molecular weight excluding hydrogens is 418 g/mol. The third-order valence-electron chi connectivity index (χ3n) is 4.27. The molecule has 3 heterocycles. The number of aromatic nitrogens is 1. The quantitative estimate of drug-likeness (QED) is 0.627. The number of carbonyl (C=O) groups excluding carboxylic acids is 2. The van der Waals surface area contributed by atoms with Gasteiger partial charge in [-0.05, 0) is 43.7 Å². The van der Waals surface area contributed by atoms with Gasteiger partial charge in [-0.3, -0.25) is 9.59 Å². The number of hydrogen-bond donors (Lipinski definition) is 2. The van der Waals surface area contributed by atoms with Crippen molar-refractivity contribution < 1.29 is 14.3 Å². The maximum atomic E-state index is 12.8. The molecule has 0 radical (unpaired) electrons. The second kappa shape index (κ2) is 7.54. The summed E-state index contributed by atoms with van der Waals surface area (Å²) in [5.74, 6) is 0.247. The highest BCUT2D eigenvalue weighted by molar-refractivity contribution is 7.24. The maximum Gasteiger partial charge on any atom is 0.263 e. The molecule has 3 aromatic rings. The zero-order chi connectivity index (χ0) is 19.8. The summed E-state index contributed by atoms with van der Waals surface area (Å²) in [5, 5.41) is 6.55. The molecule has 6 nitrogen and oxygen atoms in total. The Morgan fingerprint density at radius 3 is 2.89 bits per heavy atom. The minimum atomic E-state index is -0.252. The first-order valence-corrected chi connectivity index (χ1v) is 10.5. The Balaban J connectivity index is 1.51. The molecule has 4 rings (SSSR count). The second-order valence-electron chi connectivity index (χ2n) is 6.32. The molecule has 0 bridgehead atoms. The fourth-order valence-electron chi connectivity index (χ4n) is 2.86. The number of anilines is 1. The number of benzene rings is 1. The first-order valence-electron chi connectivity index (χ1n) is 8.51. The number of ether oxygens (including phenoxy) is 1. The number of aryl methyl sites for hydroxylation is 1. The molecule has 0 fully saturated rings. The first-order chi connectivity index (χ1) is 13.4. The average Bonchev–Trinajstić information content (AvgIpc) is 3.26. The van der Waals surface area contributed by atoms with Crippen molar-refractivity contribution >= 4 is 51.8 Å². The highest BCUT2D eigenvalue weighted by Crippen LogP contribution is 2.35. The summed E-state index contributed by atoms with van der Waals surface area (Å²) in [7, 11) is 0. The van der Waals surface area contributed by atoms with E-state index in [1.807, 2.05) is 38.1 Å². The third kappa shape index (κ3) is 3.76. The van der Waals surface area contributed by atoms with Crippen LogP contribution in [-0.2, 0) is 4.79 Å². The summed E-state index contributed by atoms with van der Waals surface area (Å²) < 4.78 is 6.05. The molecule has 144 valence electrons. The van der Waals surface area contributed by atoms with Crippen molar-refractivity contribution in [3.8, 4) is 15.6 Å². The number of rotatable bonds is 4. The minimum Gasteiger partial charge on any atom is -0.482 e. The normalized spacial score (nSPS) is 14.0. The lowest BCUT2D eigenvalue weighted by Crippen LogP contribution is -2.28. The van der Waals surface area contributed by atoms with Crippen LogP contribution in [0.4, 0.5) is 5.69 Å². The second-order valence-corrected chi connectivity index (χ2v) is 9.04. The summed E-state index contributed by atoms with van der Waals surface area (Å²) in [6.45, 7) is 3.73. The molecule has 9 heteroatoms. The highest BCUT2D eigenvalue weighted by atomic mass is 35.5. The van der Waals surface area contributed by atoms with E-state index < -0.39 is 0 Å². The van der Waals surface area contributed by atoms with Gasteiger partial charge in [0.05, 0.1) is 26.6 Å². The van der Waals surface area contributed by atoms with Crippen LogP contribution in [0.3, 0.4) is 0 Å². The van der Waals surface area contributed by atoms with E-state index in [1.54, 1.807) is 6.07 Å². The average molecular weight is 434 g/mol. The summed E-state index contributed by atoms with van der Waals surface area (Å²) in [4.78, 5) is 30.3. The predicted molar refractivity (Wildman–Crippen MR) is 112 cm³/mol. The van der Waals surface area contributed by atoms with Crippen LogP contribution in [0, 0.1) is 6.92 Å². The molecule has 1 atom stereocenters. The van der Waals surface area contributed by atoms with Crippen LogP contribution in [0.15, 0.2) is 30.3 Å². The van der Waals surface area contributed by atoms with Crippen molar-refractivity contribution in [2.24, 2.45) is 0 Å². The molecule has 0 aliphatic carbocycles. The Labute approximate surface area is 174 Å². The van der Waals surface area contributed by atoms with E-state index in [0.717, 1.165) is 15.4 Å². The molecule has 2 N–H and O–H groups in total. The standard InChI is InChI=1S/C19H16ClN3O3S2/c1-9(11-3-4-13-12(7-11)23-16(24)8-26-13)21-18(25)17-10(2)22-19(28-17)14-5-6-15(20)27-14/h3-7,9H,8H2,1-2H3,(H,21,25)(H,23,24). The lowest BCUT2D eigenvalue weighted by atomic mass is 10.1. The fraction of sp³-hybridized carbons (Fsp3) is 0.211. The van der Waals surface area contributed by atoms with Crippen molar-refractivity contribution in [1.29, 1.82) is 0 Å². The number of thiazole rings is 1. The van der Waals surface area contributed by atoms with Crippen molar-refractivity contribution in [2.45, 2.75) is 19.9 Å². The Hall–Kier alpha value is -2.42. The van der Waals surface area contributed by atoms with Crippen molar-refractivity contribution in [2.75, 3.05) is 11.9 Å². The van der Waals surface area contributed by atoms with Crippen LogP contribution in [0.5, 0.6) is 5.75 Å². The SMILES string of the molecule is Cc1nc(-c2ccc(Cl)s2)sc1C(=O)NC(C)c1ccc2c(c1)NC(=O)CO2. The number of nitrogens with zero attached hydrogens (tertiary/aromatic N) is 1. The van der Waals surface area contributed by atoms with Crippen LogP contribution in [0.1, 0.15) is 33.9 Å². The topological polar surface area (TPSA) is 80.3 Å². The fourth-order valence-corrected chi connectivity index (χ4v) is 4.92. The van der Waals surface area contributed by atoms with Gasteiger partial charge in [0.2, 0.25) is 0 Å².